The predicted molar refractivity (Wildman–Crippen MR) is 71.6 cm³/mol. The summed E-state index contributed by atoms with van der Waals surface area (Å²) in [5.41, 5.74) is 1.46. The van der Waals surface area contributed by atoms with Gasteiger partial charge in [-0.15, -0.1) is 0 Å². The van der Waals surface area contributed by atoms with Crippen molar-refractivity contribution in [1.29, 1.82) is 0 Å². The lowest BCUT2D eigenvalue weighted by molar-refractivity contribution is 0.274. The Morgan fingerprint density at radius 3 is 2.74 bits per heavy atom. The maximum absolute atomic E-state index is 9.37. The van der Waals surface area contributed by atoms with Crippen LogP contribution in [0.15, 0.2) is 24.3 Å². The third-order valence-corrected chi connectivity index (χ3v) is 2.78. The van der Waals surface area contributed by atoms with Gasteiger partial charge in [0.1, 0.15) is 11.5 Å². The molecule has 0 fully saturated rings. The van der Waals surface area contributed by atoms with Crippen LogP contribution < -0.4 is 9.47 Å². The summed E-state index contributed by atoms with van der Waals surface area (Å²) in [6.45, 7) is 4.28. The van der Waals surface area contributed by atoms with E-state index < -0.39 is 0 Å². The molecule has 0 aliphatic carbocycles. The van der Waals surface area contributed by atoms with Crippen LogP contribution in [-0.2, 0) is 13.7 Å². The highest BCUT2D eigenvalue weighted by Crippen LogP contribution is 2.29. The van der Waals surface area contributed by atoms with Gasteiger partial charge >= 0.3 is 0 Å². The van der Waals surface area contributed by atoms with Crippen molar-refractivity contribution >= 4 is 0 Å². The predicted octanol–water partition coefficient (Wildman–Crippen LogP) is 2.41. The fraction of sp³-hybridized carbons (Fsp3) is 0.357. The van der Waals surface area contributed by atoms with E-state index in [2.05, 4.69) is 5.10 Å². The van der Waals surface area contributed by atoms with Gasteiger partial charge in [0.15, 0.2) is 0 Å². The number of ether oxygens (including phenoxy) is 2. The zero-order valence-electron chi connectivity index (χ0n) is 11.4. The van der Waals surface area contributed by atoms with Crippen LogP contribution >= 0.6 is 0 Å². The number of rotatable bonds is 5. The highest BCUT2D eigenvalue weighted by Gasteiger charge is 2.14. The summed E-state index contributed by atoms with van der Waals surface area (Å²) >= 11 is 0. The molecular formula is C14H18N2O3. The first-order valence-corrected chi connectivity index (χ1v) is 6.19. The van der Waals surface area contributed by atoms with Gasteiger partial charge in [0.2, 0.25) is 5.88 Å². The summed E-state index contributed by atoms with van der Waals surface area (Å²) in [7, 11) is 1.79. The first-order valence-electron chi connectivity index (χ1n) is 6.19. The smallest absolute Gasteiger partial charge is 0.223 e. The molecule has 102 valence electrons. The zero-order valence-corrected chi connectivity index (χ0v) is 11.4. The lowest BCUT2D eigenvalue weighted by Crippen LogP contribution is -1.98. The minimum Gasteiger partial charge on any atom is -0.494 e. The molecule has 0 bridgehead atoms. The van der Waals surface area contributed by atoms with Crippen molar-refractivity contribution in [1.82, 2.24) is 9.78 Å². The van der Waals surface area contributed by atoms with Crippen LogP contribution in [0.25, 0.3) is 0 Å². The van der Waals surface area contributed by atoms with E-state index in [-0.39, 0.29) is 6.61 Å². The van der Waals surface area contributed by atoms with Gasteiger partial charge in [-0.3, -0.25) is 0 Å². The first-order chi connectivity index (χ1) is 9.15. The minimum atomic E-state index is -0.0971. The Labute approximate surface area is 112 Å². The number of aliphatic hydroxyl groups is 1. The third-order valence-electron chi connectivity index (χ3n) is 2.78. The van der Waals surface area contributed by atoms with Crippen molar-refractivity contribution in [2.24, 2.45) is 7.05 Å². The van der Waals surface area contributed by atoms with Crippen LogP contribution in [0.2, 0.25) is 0 Å². The van der Waals surface area contributed by atoms with Crippen LogP contribution in [0.3, 0.4) is 0 Å². The Balaban J connectivity index is 2.28. The lowest BCUT2D eigenvalue weighted by Gasteiger charge is -2.09. The second-order valence-electron chi connectivity index (χ2n) is 4.16. The van der Waals surface area contributed by atoms with E-state index in [1.807, 2.05) is 38.1 Å². The van der Waals surface area contributed by atoms with Crippen LogP contribution in [-0.4, -0.2) is 21.5 Å². The maximum atomic E-state index is 9.37. The normalized spacial score (nSPS) is 10.5. The van der Waals surface area contributed by atoms with Gasteiger partial charge in [0.25, 0.3) is 0 Å². The van der Waals surface area contributed by atoms with Crippen LogP contribution in [0.5, 0.6) is 17.4 Å². The van der Waals surface area contributed by atoms with E-state index in [4.69, 9.17) is 9.47 Å². The molecule has 0 unspecified atom stereocenters. The zero-order chi connectivity index (χ0) is 13.8. The van der Waals surface area contributed by atoms with Crippen molar-refractivity contribution in [3.05, 3.63) is 35.5 Å². The molecule has 5 nitrogen and oxygen atoms in total. The molecule has 0 saturated heterocycles. The van der Waals surface area contributed by atoms with Crippen molar-refractivity contribution in [3.8, 4) is 17.4 Å². The molecule has 0 amide bonds. The molecule has 0 radical (unpaired) electrons. The Morgan fingerprint density at radius 1 is 1.32 bits per heavy atom. The molecule has 1 aromatic heterocycles. The SMILES string of the molecule is CCOc1cccc(Oc2c(CO)c(C)nn2C)c1. The molecular weight excluding hydrogens is 244 g/mol. The average Bonchev–Trinajstić information content (AvgIpc) is 2.65. The van der Waals surface area contributed by atoms with Crippen molar-refractivity contribution < 1.29 is 14.6 Å². The van der Waals surface area contributed by atoms with Gasteiger partial charge in [0, 0.05) is 13.1 Å². The Hall–Kier alpha value is -2.01. The maximum Gasteiger partial charge on any atom is 0.223 e. The third kappa shape index (κ3) is 2.88. The van der Waals surface area contributed by atoms with E-state index in [9.17, 15) is 5.11 Å². The van der Waals surface area contributed by atoms with Crippen molar-refractivity contribution in [3.63, 3.8) is 0 Å². The number of aromatic nitrogens is 2. The Morgan fingerprint density at radius 2 is 2.05 bits per heavy atom. The molecule has 1 aromatic carbocycles. The summed E-state index contributed by atoms with van der Waals surface area (Å²) in [4.78, 5) is 0. The van der Waals surface area contributed by atoms with E-state index in [0.29, 0.717) is 23.8 Å². The fourth-order valence-electron chi connectivity index (χ4n) is 1.90. The molecule has 19 heavy (non-hydrogen) atoms. The monoisotopic (exact) mass is 262 g/mol. The van der Waals surface area contributed by atoms with Crippen LogP contribution in [0.1, 0.15) is 18.2 Å². The molecule has 0 atom stereocenters. The summed E-state index contributed by atoms with van der Waals surface area (Å²) in [5.74, 6) is 1.96. The first kappa shape index (κ1) is 13.4. The number of hydrogen-bond donors (Lipinski definition) is 1. The summed E-state index contributed by atoms with van der Waals surface area (Å²) in [6, 6.07) is 7.39. The molecule has 1 N–H and O–H groups in total. The summed E-state index contributed by atoms with van der Waals surface area (Å²) in [5, 5.41) is 13.6. The summed E-state index contributed by atoms with van der Waals surface area (Å²) in [6.07, 6.45) is 0. The highest BCUT2D eigenvalue weighted by atomic mass is 16.5. The van der Waals surface area contributed by atoms with E-state index in [1.54, 1.807) is 11.7 Å². The lowest BCUT2D eigenvalue weighted by atomic mass is 10.2. The molecule has 5 heteroatoms. The van der Waals surface area contributed by atoms with Crippen molar-refractivity contribution in [2.45, 2.75) is 20.5 Å². The van der Waals surface area contributed by atoms with E-state index in [0.717, 1.165) is 11.4 Å². The Kier molecular flexibility index (Phi) is 4.06. The number of aryl methyl sites for hydroxylation is 2. The molecule has 1 heterocycles. The topological polar surface area (TPSA) is 56.5 Å². The number of hydrogen-bond acceptors (Lipinski definition) is 4. The van der Waals surface area contributed by atoms with E-state index >= 15 is 0 Å². The van der Waals surface area contributed by atoms with Crippen LogP contribution in [0, 0.1) is 6.92 Å². The molecule has 0 aliphatic rings. The fourth-order valence-corrected chi connectivity index (χ4v) is 1.90. The molecule has 0 aliphatic heterocycles. The standard InChI is InChI=1S/C14H18N2O3/c1-4-18-11-6-5-7-12(8-11)19-14-13(9-17)10(2)15-16(14)3/h5-8,17H,4,9H2,1-3H3. The summed E-state index contributed by atoms with van der Waals surface area (Å²) < 4.78 is 12.8. The van der Waals surface area contributed by atoms with Gasteiger partial charge < -0.3 is 14.6 Å². The van der Waals surface area contributed by atoms with Crippen LogP contribution in [0.4, 0.5) is 0 Å². The second kappa shape index (κ2) is 5.75. The van der Waals surface area contributed by atoms with Gasteiger partial charge in [-0.1, -0.05) is 6.07 Å². The van der Waals surface area contributed by atoms with Gasteiger partial charge in [-0.25, -0.2) is 4.68 Å². The second-order valence-corrected chi connectivity index (χ2v) is 4.16. The average molecular weight is 262 g/mol. The minimum absolute atomic E-state index is 0.0971. The van der Waals surface area contributed by atoms with E-state index in [1.165, 1.54) is 0 Å². The molecule has 2 aromatic rings. The highest BCUT2D eigenvalue weighted by molar-refractivity contribution is 5.38. The van der Waals surface area contributed by atoms with Crippen molar-refractivity contribution in [2.75, 3.05) is 6.61 Å². The molecule has 0 saturated carbocycles. The Bertz CT molecular complexity index is 564. The molecule has 0 spiro atoms. The van der Waals surface area contributed by atoms with Gasteiger partial charge in [-0.05, 0) is 26.0 Å². The number of benzene rings is 1. The van der Waals surface area contributed by atoms with Gasteiger partial charge in [-0.2, -0.15) is 5.10 Å². The number of aliphatic hydroxyl groups excluding tert-OH is 1. The quantitative estimate of drug-likeness (QED) is 0.899. The van der Waals surface area contributed by atoms with Gasteiger partial charge in [0.05, 0.1) is 24.5 Å². The largest absolute Gasteiger partial charge is 0.494 e. The number of nitrogens with zero attached hydrogens (tertiary/aromatic N) is 2. The molecule has 2 rings (SSSR count).